The number of anilines is 1. The van der Waals surface area contributed by atoms with Crippen molar-refractivity contribution in [3.8, 4) is 5.75 Å². The minimum Gasteiger partial charge on any atom is -0.482 e. The van der Waals surface area contributed by atoms with Crippen molar-refractivity contribution in [1.29, 1.82) is 0 Å². The Kier molecular flexibility index (Phi) is 3.12. The van der Waals surface area contributed by atoms with E-state index in [-0.39, 0.29) is 24.8 Å². The van der Waals surface area contributed by atoms with Crippen LogP contribution < -0.4 is 9.64 Å². The largest absolute Gasteiger partial charge is 0.482 e. The number of fused-ring (bicyclic) bond motifs is 2. The van der Waals surface area contributed by atoms with Crippen LogP contribution in [0, 0.1) is 0 Å². The molecule has 3 aromatic rings. The van der Waals surface area contributed by atoms with Crippen molar-refractivity contribution >= 4 is 28.3 Å². The number of carbonyl (C=O) groups excluding carboxylic acids is 2. The molecule has 1 aliphatic heterocycles. The van der Waals surface area contributed by atoms with E-state index >= 15 is 0 Å². The zero-order valence-electron chi connectivity index (χ0n) is 12.3. The van der Waals surface area contributed by atoms with Gasteiger partial charge in [-0.1, -0.05) is 30.3 Å². The maximum Gasteiger partial charge on any atom is 0.265 e. The normalized spacial score (nSPS) is 13.7. The van der Waals surface area contributed by atoms with Gasteiger partial charge in [-0.3, -0.25) is 14.5 Å². The molecule has 1 aliphatic rings. The summed E-state index contributed by atoms with van der Waals surface area (Å²) < 4.78 is 5.40. The highest BCUT2D eigenvalue weighted by Gasteiger charge is 2.27. The summed E-state index contributed by atoms with van der Waals surface area (Å²) in [5.41, 5.74) is 2.14. The summed E-state index contributed by atoms with van der Waals surface area (Å²) in [4.78, 5) is 29.4. The van der Waals surface area contributed by atoms with E-state index < -0.39 is 0 Å². The van der Waals surface area contributed by atoms with Crippen LogP contribution in [0.25, 0.3) is 10.9 Å². The van der Waals surface area contributed by atoms with E-state index in [0.29, 0.717) is 17.0 Å². The molecule has 0 atom stereocenters. The number of para-hydroxylation sites is 3. The minimum atomic E-state index is -0.211. The summed E-state index contributed by atoms with van der Waals surface area (Å²) in [6.07, 6.45) is 1.70. The third-order valence-corrected chi connectivity index (χ3v) is 4.00. The fourth-order valence-electron chi connectivity index (χ4n) is 2.86. The first-order valence-corrected chi connectivity index (χ1v) is 7.35. The van der Waals surface area contributed by atoms with Gasteiger partial charge in [0.25, 0.3) is 5.91 Å². The van der Waals surface area contributed by atoms with Crippen molar-refractivity contribution in [3.63, 3.8) is 0 Å². The number of benzene rings is 2. The standard InChI is InChI=1S/C18H14N2O3/c21-16(13-9-19-14-6-2-1-5-12(13)14)10-20-15-7-3-4-8-17(15)23-11-18(20)22/h1-9,19H,10-11H2. The Balaban J connectivity index is 1.68. The number of hydrogen-bond donors (Lipinski definition) is 1. The fourth-order valence-corrected chi connectivity index (χ4v) is 2.86. The number of H-pyrrole nitrogens is 1. The van der Waals surface area contributed by atoms with E-state index in [1.807, 2.05) is 36.4 Å². The number of ketones is 1. The van der Waals surface area contributed by atoms with E-state index in [9.17, 15) is 9.59 Å². The summed E-state index contributed by atoms with van der Waals surface area (Å²) in [5.74, 6) is 0.309. The highest BCUT2D eigenvalue weighted by Crippen LogP contribution is 2.31. The number of carbonyl (C=O) groups is 2. The summed E-state index contributed by atoms with van der Waals surface area (Å²) >= 11 is 0. The molecule has 23 heavy (non-hydrogen) atoms. The van der Waals surface area contributed by atoms with Crippen LogP contribution in [0.5, 0.6) is 5.75 Å². The molecular formula is C18H14N2O3. The molecule has 4 rings (SSSR count). The fraction of sp³-hybridized carbons (Fsp3) is 0.111. The van der Waals surface area contributed by atoms with Gasteiger partial charge in [0.05, 0.1) is 12.2 Å². The lowest BCUT2D eigenvalue weighted by molar-refractivity contribution is -0.121. The molecule has 1 amide bonds. The summed E-state index contributed by atoms with van der Waals surface area (Å²) in [7, 11) is 0. The maximum atomic E-state index is 12.7. The minimum absolute atomic E-state index is 0.00105. The number of ether oxygens (including phenoxy) is 1. The van der Waals surface area contributed by atoms with Crippen LogP contribution in [0.2, 0.25) is 0 Å². The molecule has 0 fully saturated rings. The van der Waals surface area contributed by atoms with Crippen LogP contribution in [0.3, 0.4) is 0 Å². The molecule has 2 heterocycles. The van der Waals surface area contributed by atoms with Gasteiger partial charge in [-0.25, -0.2) is 0 Å². The van der Waals surface area contributed by atoms with Crippen molar-refractivity contribution in [2.45, 2.75) is 0 Å². The lowest BCUT2D eigenvalue weighted by atomic mass is 10.1. The lowest BCUT2D eigenvalue weighted by Gasteiger charge is -2.28. The van der Waals surface area contributed by atoms with E-state index in [1.165, 1.54) is 4.90 Å². The SMILES string of the molecule is O=C(CN1C(=O)COc2ccccc21)c1c[nH]c2ccccc12. The van der Waals surface area contributed by atoms with Crippen LogP contribution in [0.4, 0.5) is 5.69 Å². The third kappa shape index (κ3) is 2.26. The number of aromatic amines is 1. The van der Waals surface area contributed by atoms with Crippen molar-refractivity contribution in [2.75, 3.05) is 18.1 Å². The summed E-state index contributed by atoms with van der Waals surface area (Å²) in [5, 5.41) is 0.867. The van der Waals surface area contributed by atoms with Gasteiger partial charge in [0, 0.05) is 22.7 Å². The monoisotopic (exact) mass is 306 g/mol. The molecule has 0 saturated carbocycles. The molecule has 0 radical (unpaired) electrons. The van der Waals surface area contributed by atoms with Gasteiger partial charge in [0.2, 0.25) is 0 Å². The van der Waals surface area contributed by atoms with Crippen molar-refractivity contribution in [2.24, 2.45) is 0 Å². The predicted molar refractivity (Wildman–Crippen MR) is 86.9 cm³/mol. The zero-order valence-corrected chi connectivity index (χ0v) is 12.3. The van der Waals surface area contributed by atoms with E-state index in [1.54, 1.807) is 18.3 Å². The Bertz CT molecular complexity index is 913. The maximum absolute atomic E-state index is 12.7. The Hall–Kier alpha value is -3.08. The van der Waals surface area contributed by atoms with E-state index in [4.69, 9.17) is 4.74 Å². The number of aromatic nitrogens is 1. The predicted octanol–water partition coefficient (Wildman–Crippen LogP) is 2.78. The lowest BCUT2D eigenvalue weighted by Crippen LogP contribution is -2.41. The number of amides is 1. The summed E-state index contributed by atoms with van der Waals surface area (Å²) in [6, 6.07) is 14.9. The smallest absolute Gasteiger partial charge is 0.265 e. The van der Waals surface area contributed by atoms with Gasteiger partial charge in [0.15, 0.2) is 12.4 Å². The first-order valence-electron chi connectivity index (χ1n) is 7.35. The second-order valence-electron chi connectivity index (χ2n) is 5.41. The van der Waals surface area contributed by atoms with Gasteiger partial charge in [-0.05, 0) is 18.2 Å². The van der Waals surface area contributed by atoms with Gasteiger partial charge in [-0.15, -0.1) is 0 Å². The number of hydrogen-bond acceptors (Lipinski definition) is 3. The second kappa shape index (κ2) is 5.28. The zero-order chi connectivity index (χ0) is 15.8. The highest BCUT2D eigenvalue weighted by molar-refractivity contribution is 6.13. The van der Waals surface area contributed by atoms with Gasteiger partial charge >= 0.3 is 0 Å². The number of rotatable bonds is 3. The average Bonchev–Trinajstić information content (AvgIpc) is 3.01. The van der Waals surface area contributed by atoms with Gasteiger partial charge in [-0.2, -0.15) is 0 Å². The number of Topliss-reactive ketones (excluding diaryl/α,β-unsaturated/α-hetero) is 1. The molecule has 5 nitrogen and oxygen atoms in total. The first kappa shape index (κ1) is 13.6. The Morgan fingerprint density at radius 2 is 1.91 bits per heavy atom. The van der Waals surface area contributed by atoms with Crippen LogP contribution >= 0.6 is 0 Å². The second-order valence-corrected chi connectivity index (χ2v) is 5.41. The molecule has 0 unspecified atom stereocenters. The van der Waals surface area contributed by atoms with Gasteiger partial charge < -0.3 is 9.72 Å². The number of nitrogens with zero attached hydrogens (tertiary/aromatic N) is 1. The van der Waals surface area contributed by atoms with Crippen LogP contribution in [-0.2, 0) is 4.79 Å². The van der Waals surface area contributed by atoms with Gasteiger partial charge in [0.1, 0.15) is 5.75 Å². The molecule has 0 spiro atoms. The molecule has 0 saturated heterocycles. The molecule has 2 aromatic carbocycles. The molecular weight excluding hydrogens is 292 g/mol. The number of nitrogens with one attached hydrogen (secondary N) is 1. The van der Waals surface area contributed by atoms with Crippen molar-refractivity contribution < 1.29 is 14.3 Å². The molecule has 5 heteroatoms. The molecule has 0 bridgehead atoms. The third-order valence-electron chi connectivity index (χ3n) is 4.00. The van der Waals surface area contributed by atoms with E-state index in [0.717, 1.165) is 10.9 Å². The Morgan fingerprint density at radius 3 is 2.83 bits per heavy atom. The molecule has 1 aromatic heterocycles. The van der Waals surface area contributed by atoms with Crippen LogP contribution in [-0.4, -0.2) is 29.8 Å². The van der Waals surface area contributed by atoms with Crippen molar-refractivity contribution in [1.82, 2.24) is 4.98 Å². The Labute approximate surface area is 132 Å². The van der Waals surface area contributed by atoms with E-state index in [2.05, 4.69) is 4.98 Å². The van der Waals surface area contributed by atoms with Crippen LogP contribution in [0.1, 0.15) is 10.4 Å². The Morgan fingerprint density at radius 1 is 1.13 bits per heavy atom. The molecule has 0 aliphatic carbocycles. The van der Waals surface area contributed by atoms with Crippen molar-refractivity contribution in [3.05, 3.63) is 60.3 Å². The average molecular weight is 306 g/mol. The van der Waals surface area contributed by atoms with Crippen LogP contribution in [0.15, 0.2) is 54.7 Å². The summed E-state index contributed by atoms with van der Waals surface area (Å²) in [6.45, 7) is -0.0424. The molecule has 1 N–H and O–H groups in total. The topological polar surface area (TPSA) is 62.4 Å². The quantitative estimate of drug-likeness (QED) is 0.757. The molecule has 114 valence electrons. The highest BCUT2D eigenvalue weighted by atomic mass is 16.5. The first-order chi connectivity index (χ1) is 11.2.